The van der Waals surface area contributed by atoms with Crippen LogP contribution in [0.2, 0.25) is 0 Å². The van der Waals surface area contributed by atoms with Gasteiger partial charge in [0.05, 0.1) is 6.61 Å². The van der Waals surface area contributed by atoms with E-state index in [1.807, 2.05) is 6.92 Å². The fraction of sp³-hybridized carbons (Fsp3) is 0.800. The van der Waals surface area contributed by atoms with Gasteiger partial charge in [0.1, 0.15) is 6.79 Å². The van der Waals surface area contributed by atoms with Crippen LogP contribution in [0.25, 0.3) is 0 Å². The molecule has 1 atom stereocenters. The van der Waals surface area contributed by atoms with Crippen molar-refractivity contribution in [2.75, 3.05) is 13.4 Å². The number of unbranched alkanes of at least 4 members (excludes halogenated alkanes) is 2. The fourth-order valence-corrected chi connectivity index (χ4v) is 1.04. The molecule has 1 unspecified atom stereocenters. The minimum Gasteiger partial charge on any atom is -0.351 e. The Balaban J connectivity index is 2.30. The summed E-state index contributed by atoms with van der Waals surface area (Å²) in [6, 6.07) is 0. The van der Waals surface area contributed by atoms with Crippen LogP contribution in [0.15, 0.2) is 0 Å². The average Bonchev–Trinajstić information content (AvgIpc) is 2.47. The van der Waals surface area contributed by atoms with Gasteiger partial charge in [0.15, 0.2) is 5.60 Å². The lowest BCUT2D eigenvalue weighted by Crippen LogP contribution is -2.24. The summed E-state index contributed by atoms with van der Waals surface area (Å²) >= 11 is 0. The SMILES string of the molecule is CCCCC#CC1(C)COCO1. The average molecular weight is 168 g/mol. The van der Waals surface area contributed by atoms with E-state index in [1.165, 1.54) is 12.8 Å². The Labute approximate surface area is 74.2 Å². The molecular weight excluding hydrogens is 152 g/mol. The Morgan fingerprint density at radius 3 is 2.92 bits per heavy atom. The summed E-state index contributed by atoms with van der Waals surface area (Å²) in [5.41, 5.74) is -0.340. The molecule has 2 heteroatoms. The summed E-state index contributed by atoms with van der Waals surface area (Å²) in [6.45, 7) is 5.13. The van der Waals surface area contributed by atoms with Crippen LogP contribution in [0.1, 0.15) is 33.1 Å². The van der Waals surface area contributed by atoms with Crippen molar-refractivity contribution < 1.29 is 9.47 Å². The Bertz CT molecular complexity index is 182. The second kappa shape index (κ2) is 4.49. The van der Waals surface area contributed by atoms with Crippen LogP contribution in [0.5, 0.6) is 0 Å². The van der Waals surface area contributed by atoms with Crippen LogP contribution >= 0.6 is 0 Å². The van der Waals surface area contributed by atoms with E-state index >= 15 is 0 Å². The molecule has 1 saturated heterocycles. The summed E-state index contributed by atoms with van der Waals surface area (Å²) < 4.78 is 10.4. The molecule has 0 spiro atoms. The smallest absolute Gasteiger partial charge is 0.151 e. The van der Waals surface area contributed by atoms with E-state index in [0.717, 1.165) is 6.42 Å². The fourth-order valence-electron chi connectivity index (χ4n) is 1.04. The Morgan fingerprint density at radius 2 is 2.33 bits per heavy atom. The molecule has 0 aromatic carbocycles. The van der Waals surface area contributed by atoms with Gasteiger partial charge in [-0.1, -0.05) is 19.3 Å². The monoisotopic (exact) mass is 168 g/mol. The molecular formula is C10H16O2. The molecule has 1 aliphatic rings. The molecule has 2 nitrogen and oxygen atoms in total. The van der Waals surface area contributed by atoms with Gasteiger partial charge < -0.3 is 9.47 Å². The highest BCUT2D eigenvalue weighted by atomic mass is 16.7. The van der Waals surface area contributed by atoms with E-state index < -0.39 is 0 Å². The highest BCUT2D eigenvalue weighted by Gasteiger charge is 2.27. The molecule has 12 heavy (non-hydrogen) atoms. The minimum absolute atomic E-state index is 0.340. The summed E-state index contributed by atoms with van der Waals surface area (Å²) in [6.07, 6.45) is 3.34. The van der Waals surface area contributed by atoms with Gasteiger partial charge in [0, 0.05) is 6.42 Å². The van der Waals surface area contributed by atoms with E-state index in [0.29, 0.717) is 13.4 Å². The van der Waals surface area contributed by atoms with Crippen molar-refractivity contribution in [1.29, 1.82) is 0 Å². The van der Waals surface area contributed by atoms with Crippen molar-refractivity contribution in [3.05, 3.63) is 0 Å². The third kappa shape index (κ3) is 2.84. The molecule has 0 N–H and O–H groups in total. The van der Waals surface area contributed by atoms with E-state index in [4.69, 9.17) is 9.47 Å². The van der Waals surface area contributed by atoms with Crippen molar-refractivity contribution >= 4 is 0 Å². The van der Waals surface area contributed by atoms with E-state index in [1.54, 1.807) is 0 Å². The molecule has 1 fully saturated rings. The molecule has 0 aromatic rings. The molecule has 0 saturated carbocycles. The van der Waals surface area contributed by atoms with E-state index in [2.05, 4.69) is 18.8 Å². The zero-order chi connectivity index (χ0) is 8.86. The van der Waals surface area contributed by atoms with Gasteiger partial charge in [-0.2, -0.15) is 0 Å². The third-order valence-corrected chi connectivity index (χ3v) is 1.85. The summed E-state index contributed by atoms with van der Waals surface area (Å²) in [4.78, 5) is 0. The van der Waals surface area contributed by atoms with Crippen LogP contribution in [-0.4, -0.2) is 19.0 Å². The highest BCUT2D eigenvalue weighted by Crippen LogP contribution is 2.15. The second-order valence-electron chi connectivity index (χ2n) is 3.25. The van der Waals surface area contributed by atoms with Crippen molar-refractivity contribution in [3.8, 4) is 11.8 Å². The van der Waals surface area contributed by atoms with Gasteiger partial charge >= 0.3 is 0 Å². The Hall–Kier alpha value is -0.520. The summed E-state index contributed by atoms with van der Waals surface area (Å²) in [5.74, 6) is 6.21. The van der Waals surface area contributed by atoms with Gasteiger partial charge in [-0.25, -0.2) is 0 Å². The van der Waals surface area contributed by atoms with Gasteiger partial charge in [-0.3, -0.25) is 0 Å². The van der Waals surface area contributed by atoms with Crippen molar-refractivity contribution in [1.82, 2.24) is 0 Å². The predicted molar refractivity (Wildman–Crippen MR) is 47.6 cm³/mol. The van der Waals surface area contributed by atoms with Crippen LogP contribution in [-0.2, 0) is 9.47 Å². The van der Waals surface area contributed by atoms with Gasteiger partial charge in [0.2, 0.25) is 0 Å². The molecule has 0 aliphatic carbocycles. The molecule has 1 heterocycles. The first kappa shape index (κ1) is 9.57. The predicted octanol–water partition coefficient (Wildman–Crippen LogP) is 1.94. The van der Waals surface area contributed by atoms with Crippen molar-refractivity contribution in [3.63, 3.8) is 0 Å². The van der Waals surface area contributed by atoms with Gasteiger partial charge in [-0.15, -0.1) is 5.92 Å². The highest BCUT2D eigenvalue weighted by molar-refractivity contribution is 5.13. The maximum Gasteiger partial charge on any atom is 0.151 e. The first-order chi connectivity index (χ1) is 5.77. The van der Waals surface area contributed by atoms with Gasteiger partial charge in [0.25, 0.3) is 0 Å². The topological polar surface area (TPSA) is 18.5 Å². The summed E-state index contributed by atoms with van der Waals surface area (Å²) in [7, 11) is 0. The lowest BCUT2D eigenvalue weighted by Gasteiger charge is -2.11. The molecule has 0 radical (unpaired) electrons. The number of hydrogen-bond acceptors (Lipinski definition) is 2. The first-order valence-corrected chi connectivity index (χ1v) is 4.48. The Morgan fingerprint density at radius 1 is 1.50 bits per heavy atom. The number of ether oxygens (including phenoxy) is 2. The first-order valence-electron chi connectivity index (χ1n) is 4.48. The van der Waals surface area contributed by atoms with Crippen molar-refractivity contribution in [2.45, 2.75) is 38.7 Å². The summed E-state index contributed by atoms with van der Waals surface area (Å²) in [5, 5.41) is 0. The molecule has 1 aliphatic heterocycles. The maximum absolute atomic E-state index is 5.32. The van der Waals surface area contributed by atoms with Crippen molar-refractivity contribution in [2.24, 2.45) is 0 Å². The van der Waals surface area contributed by atoms with E-state index in [-0.39, 0.29) is 5.60 Å². The molecule has 1 rings (SSSR count). The molecule has 68 valence electrons. The standard InChI is InChI=1S/C10H16O2/c1-3-4-5-6-7-10(2)8-11-9-12-10/h3-5,8-9H2,1-2H3. The zero-order valence-electron chi connectivity index (χ0n) is 7.85. The molecule has 0 amide bonds. The lowest BCUT2D eigenvalue weighted by molar-refractivity contribution is 0.0294. The van der Waals surface area contributed by atoms with Crippen LogP contribution in [0.3, 0.4) is 0 Å². The normalized spacial score (nSPS) is 28.2. The number of rotatable bonds is 2. The van der Waals surface area contributed by atoms with E-state index in [9.17, 15) is 0 Å². The number of hydrogen-bond donors (Lipinski definition) is 0. The van der Waals surface area contributed by atoms with Crippen LogP contribution in [0, 0.1) is 11.8 Å². The largest absolute Gasteiger partial charge is 0.351 e. The van der Waals surface area contributed by atoms with Gasteiger partial charge in [-0.05, 0) is 13.3 Å². The lowest BCUT2D eigenvalue weighted by atomic mass is 10.1. The molecule has 0 aromatic heterocycles. The zero-order valence-corrected chi connectivity index (χ0v) is 7.85. The quantitative estimate of drug-likeness (QED) is 0.463. The van der Waals surface area contributed by atoms with Crippen LogP contribution < -0.4 is 0 Å². The maximum atomic E-state index is 5.32. The second-order valence-corrected chi connectivity index (χ2v) is 3.25. The van der Waals surface area contributed by atoms with Crippen LogP contribution in [0.4, 0.5) is 0 Å². The minimum atomic E-state index is -0.340. The molecule has 0 bridgehead atoms. The Kier molecular flexibility index (Phi) is 3.58. The third-order valence-electron chi connectivity index (χ3n) is 1.85.